The van der Waals surface area contributed by atoms with E-state index in [1.807, 2.05) is 31.0 Å². The molecule has 0 bridgehead atoms. The van der Waals surface area contributed by atoms with Gasteiger partial charge in [-0.05, 0) is 31.0 Å². The molecule has 0 saturated heterocycles. The van der Waals surface area contributed by atoms with Gasteiger partial charge in [-0.1, -0.05) is 33.8 Å². The Morgan fingerprint density at radius 3 is 2.78 bits per heavy atom. The summed E-state index contributed by atoms with van der Waals surface area (Å²) in [5.41, 5.74) is 7.07. The van der Waals surface area contributed by atoms with Crippen molar-refractivity contribution in [1.82, 2.24) is 9.78 Å². The van der Waals surface area contributed by atoms with Gasteiger partial charge in [-0.25, -0.2) is 0 Å². The van der Waals surface area contributed by atoms with E-state index >= 15 is 0 Å². The van der Waals surface area contributed by atoms with Crippen molar-refractivity contribution in [2.45, 2.75) is 29.2 Å². The third kappa shape index (κ3) is 3.60. The number of hydrogen-bond donors (Lipinski definition) is 1. The van der Waals surface area contributed by atoms with Crippen LogP contribution in [-0.4, -0.2) is 15.8 Å². The minimum Gasteiger partial charge on any atom is -0.328 e. The van der Waals surface area contributed by atoms with Gasteiger partial charge in [0.2, 0.25) is 0 Å². The second-order valence-corrected chi connectivity index (χ2v) is 6.39. The number of benzene rings is 1. The van der Waals surface area contributed by atoms with Crippen LogP contribution in [0.25, 0.3) is 0 Å². The topological polar surface area (TPSA) is 43.8 Å². The molecule has 2 N–H and O–H groups in total. The van der Waals surface area contributed by atoms with E-state index < -0.39 is 0 Å². The fraction of sp³-hybridized carbons (Fsp3) is 0.308. The summed E-state index contributed by atoms with van der Waals surface area (Å²) < 4.78 is 2.93. The lowest BCUT2D eigenvalue weighted by Crippen LogP contribution is -2.17. The standard InChI is InChI=1S/C13H16BrN3S/c1-9(15)5-10-3-4-11(6-13(10)14)18-12-7-16-17(2)8-12/h3-4,6-9H,5,15H2,1-2H3. The molecule has 1 heterocycles. The summed E-state index contributed by atoms with van der Waals surface area (Å²) >= 11 is 5.31. The Morgan fingerprint density at radius 2 is 2.22 bits per heavy atom. The summed E-state index contributed by atoms with van der Waals surface area (Å²) in [7, 11) is 1.92. The highest BCUT2D eigenvalue weighted by atomic mass is 79.9. The zero-order chi connectivity index (χ0) is 13.1. The maximum absolute atomic E-state index is 5.82. The highest BCUT2D eigenvalue weighted by Gasteiger charge is 2.06. The van der Waals surface area contributed by atoms with Crippen LogP contribution in [0.1, 0.15) is 12.5 Å². The predicted octanol–water partition coefficient (Wildman–Crippen LogP) is 3.22. The summed E-state index contributed by atoms with van der Waals surface area (Å²) in [5, 5.41) is 4.16. The minimum absolute atomic E-state index is 0.179. The van der Waals surface area contributed by atoms with Crippen LogP contribution in [0, 0.1) is 0 Å². The molecule has 0 fully saturated rings. The van der Waals surface area contributed by atoms with Gasteiger partial charge in [-0.15, -0.1) is 0 Å². The van der Waals surface area contributed by atoms with E-state index in [4.69, 9.17) is 5.73 Å². The number of nitrogens with two attached hydrogens (primary N) is 1. The van der Waals surface area contributed by atoms with Gasteiger partial charge in [-0.2, -0.15) is 5.10 Å². The van der Waals surface area contributed by atoms with Crippen LogP contribution in [0.3, 0.4) is 0 Å². The number of rotatable bonds is 4. The third-order valence-electron chi connectivity index (χ3n) is 2.48. The van der Waals surface area contributed by atoms with Gasteiger partial charge in [0.05, 0.1) is 11.1 Å². The molecule has 5 heteroatoms. The molecule has 0 spiro atoms. The Balaban J connectivity index is 2.13. The minimum atomic E-state index is 0.179. The Hall–Kier alpha value is -0.780. The van der Waals surface area contributed by atoms with Crippen molar-refractivity contribution in [3.8, 4) is 0 Å². The van der Waals surface area contributed by atoms with Crippen LogP contribution in [0.4, 0.5) is 0 Å². The quantitative estimate of drug-likeness (QED) is 0.938. The number of aromatic nitrogens is 2. The Kier molecular flexibility index (Phi) is 4.48. The van der Waals surface area contributed by atoms with Crippen LogP contribution in [0.15, 0.2) is 44.9 Å². The predicted molar refractivity (Wildman–Crippen MR) is 78.8 cm³/mol. The van der Waals surface area contributed by atoms with Crippen molar-refractivity contribution in [1.29, 1.82) is 0 Å². The smallest absolute Gasteiger partial charge is 0.0629 e. The van der Waals surface area contributed by atoms with Crippen molar-refractivity contribution in [2.24, 2.45) is 12.8 Å². The third-order valence-corrected chi connectivity index (χ3v) is 4.16. The molecule has 0 aliphatic rings. The summed E-state index contributed by atoms with van der Waals surface area (Å²) in [6.07, 6.45) is 4.77. The van der Waals surface area contributed by atoms with Gasteiger partial charge in [0, 0.05) is 28.7 Å². The Morgan fingerprint density at radius 1 is 1.44 bits per heavy atom. The van der Waals surface area contributed by atoms with Gasteiger partial charge in [-0.3, -0.25) is 4.68 Å². The molecule has 2 rings (SSSR count). The second kappa shape index (κ2) is 5.91. The van der Waals surface area contributed by atoms with Crippen LogP contribution < -0.4 is 5.73 Å². The molecule has 1 atom stereocenters. The second-order valence-electron chi connectivity index (χ2n) is 4.39. The molecule has 2 aromatic rings. The maximum atomic E-state index is 5.82. The summed E-state index contributed by atoms with van der Waals surface area (Å²) in [6, 6.07) is 6.57. The maximum Gasteiger partial charge on any atom is 0.0629 e. The highest BCUT2D eigenvalue weighted by molar-refractivity contribution is 9.10. The number of hydrogen-bond acceptors (Lipinski definition) is 3. The van der Waals surface area contributed by atoms with E-state index in [0.29, 0.717) is 0 Å². The molecule has 0 amide bonds. The van der Waals surface area contributed by atoms with E-state index in [2.05, 4.69) is 39.2 Å². The number of nitrogens with zero attached hydrogens (tertiary/aromatic N) is 2. The molecule has 96 valence electrons. The van der Waals surface area contributed by atoms with Gasteiger partial charge < -0.3 is 5.73 Å². The first-order valence-corrected chi connectivity index (χ1v) is 7.36. The summed E-state index contributed by atoms with van der Waals surface area (Å²) in [5.74, 6) is 0. The summed E-state index contributed by atoms with van der Waals surface area (Å²) in [6.45, 7) is 2.02. The largest absolute Gasteiger partial charge is 0.328 e. The SMILES string of the molecule is CC(N)Cc1ccc(Sc2cnn(C)c2)cc1Br. The average molecular weight is 326 g/mol. The number of aryl methyl sites for hydroxylation is 1. The molecular weight excluding hydrogens is 310 g/mol. The van der Waals surface area contributed by atoms with Gasteiger partial charge >= 0.3 is 0 Å². The molecule has 0 aliphatic heterocycles. The van der Waals surface area contributed by atoms with Gasteiger partial charge in [0.25, 0.3) is 0 Å². The molecule has 18 heavy (non-hydrogen) atoms. The normalized spacial score (nSPS) is 12.7. The Bertz CT molecular complexity index is 537. The van der Waals surface area contributed by atoms with Crippen molar-refractivity contribution < 1.29 is 0 Å². The molecular formula is C13H16BrN3S. The molecule has 1 aromatic heterocycles. The monoisotopic (exact) mass is 325 g/mol. The van der Waals surface area contributed by atoms with Gasteiger partial charge in [0.15, 0.2) is 0 Å². The fourth-order valence-corrected chi connectivity index (χ4v) is 3.27. The fourth-order valence-electron chi connectivity index (χ4n) is 1.69. The van der Waals surface area contributed by atoms with Crippen LogP contribution in [0.2, 0.25) is 0 Å². The summed E-state index contributed by atoms with van der Waals surface area (Å²) in [4.78, 5) is 2.34. The Labute approximate surface area is 120 Å². The lowest BCUT2D eigenvalue weighted by Gasteiger charge is -2.09. The molecule has 0 radical (unpaired) electrons. The zero-order valence-electron chi connectivity index (χ0n) is 10.4. The van der Waals surface area contributed by atoms with Crippen LogP contribution in [-0.2, 0) is 13.5 Å². The lowest BCUT2D eigenvalue weighted by molar-refractivity contribution is 0.735. The first kappa shape index (κ1) is 13.6. The van der Waals surface area contributed by atoms with Gasteiger partial charge in [0.1, 0.15) is 0 Å². The number of halogens is 1. The van der Waals surface area contributed by atoms with E-state index in [1.54, 1.807) is 11.8 Å². The molecule has 3 nitrogen and oxygen atoms in total. The molecule has 1 unspecified atom stereocenters. The van der Waals surface area contributed by atoms with Crippen LogP contribution >= 0.6 is 27.7 Å². The van der Waals surface area contributed by atoms with Crippen LogP contribution in [0.5, 0.6) is 0 Å². The lowest BCUT2D eigenvalue weighted by atomic mass is 10.1. The van der Waals surface area contributed by atoms with Crippen molar-refractivity contribution in [3.05, 3.63) is 40.6 Å². The zero-order valence-corrected chi connectivity index (χ0v) is 12.8. The molecule has 0 saturated carbocycles. The molecule has 1 aromatic carbocycles. The first-order valence-electron chi connectivity index (χ1n) is 5.75. The average Bonchev–Trinajstić information content (AvgIpc) is 2.68. The van der Waals surface area contributed by atoms with E-state index in [1.165, 1.54) is 10.5 Å². The molecule has 0 aliphatic carbocycles. The van der Waals surface area contributed by atoms with Crippen molar-refractivity contribution in [2.75, 3.05) is 0 Å². The van der Waals surface area contributed by atoms with E-state index in [-0.39, 0.29) is 6.04 Å². The van der Waals surface area contributed by atoms with Crippen molar-refractivity contribution >= 4 is 27.7 Å². The van der Waals surface area contributed by atoms with Crippen molar-refractivity contribution in [3.63, 3.8) is 0 Å². The first-order chi connectivity index (χ1) is 8.54. The van der Waals surface area contributed by atoms with E-state index in [9.17, 15) is 0 Å². The highest BCUT2D eigenvalue weighted by Crippen LogP contribution is 2.30. The van der Waals surface area contributed by atoms with E-state index in [0.717, 1.165) is 15.8 Å².